The lowest BCUT2D eigenvalue weighted by molar-refractivity contribution is 0.204. The summed E-state index contributed by atoms with van der Waals surface area (Å²) in [4.78, 5) is 2.28. The molecule has 2 unspecified atom stereocenters. The Bertz CT molecular complexity index is 1010. The van der Waals surface area contributed by atoms with Crippen molar-refractivity contribution in [2.45, 2.75) is 32.6 Å². The Morgan fingerprint density at radius 1 is 1.16 bits per heavy atom. The maximum Gasteiger partial charge on any atom is 0.189 e. The first-order valence-electron chi connectivity index (χ1n) is 11.0. The molecule has 166 valence electrons. The van der Waals surface area contributed by atoms with Crippen LogP contribution in [0.25, 0.3) is 0 Å². The highest BCUT2D eigenvalue weighted by Crippen LogP contribution is 2.54. The van der Waals surface area contributed by atoms with Gasteiger partial charge in [0.1, 0.15) is 5.92 Å². The Balaban J connectivity index is 2.18. The summed E-state index contributed by atoms with van der Waals surface area (Å²) < 4.78 is 11.3. The molecule has 1 heterocycles. The van der Waals surface area contributed by atoms with Crippen LogP contribution in [0.4, 0.5) is 0 Å². The molecule has 7 heteroatoms. The molecule has 1 aliphatic heterocycles. The van der Waals surface area contributed by atoms with Gasteiger partial charge in [-0.2, -0.15) is 15.8 Å². The Kier molecular flexibility index (Phi) is 7.18. The minimum atomic E-state index is -1.73. The van der Waals surface area contributed by atoms with Gasteiger partial charge in [-0.3, -0.25) is 4.90 Å². The SMILES string of the molecule is CCCOc1ccc([C@@H]2C3CN(CCC)CC=C3C(C#N)C(=N)C2(C#N)C#N)cc1OC. The van der Waals surface area contributed by atoms with Crippen LogP contribution in [0.15, 0.2) is 29.8 Å². The minimum absolute atomic E-state index is 0.133. The molecule has 1 N–H and O–H groups in total. The number of nitrogens with zero attached hydrogens (tertiary/aromatic N) is 4. The van der Waals surface area contributed by atoms with E-state index in [4.69, 9.17) is 14.9 Å². The lowest BCUT2D eigenvalue weighted by Gasteiger charge is -2.47. The average molecular weight is 432 g/mol. The molecule has 32 heavy (non-hydrogen) atoms. The van der Waals surface area contributed by atoms with Crippen LogP contribution in [0.3, 0.4) is 0 Å². The minimum Gasteiger partial charge on any atom is -0.493 e. The summed E-state index contributed by atoms with van der Waals surface area (Å²) in [6, 6.07) is 12.0. The van der Waals surface area contributed by atoms with E-state index in [0.717, 1.165) is 30.5 Å². The molecule has 0 radical (unpaired) electrons. The zero-order valence-electron chi connectivity index (χ0n) is 18.9. The third kappa shape index (κ3) is 3.83. The van der Waals surface area contributed by atoms with Crippen LogP contribution in [0, 0.1) is 56.7 Å². The van der Waals surface area contributed by atoms with E-state index in [9.17, 15) is 15.8 Å². The van der Waals surface area contributed by atoms with Crippen molar-refractivity contribution in [1.29, 1.82) is 21.2 Å². The average Bonchev–Trinajstić information content (AvgIpc) is 2.82. The van der Waals surface area contributed by atoms with Gasteiger partial charge in [0.25, 0.3) is 0 Å². The normalized spacial score (nSPS) is 24.3. The number of fused-ring (bicyclic) bond motifs is 1. The number of nitriles is 3. The van der Waals surface area contributed by atoms with Crippen molar-refractivity contribution in [1.82, 2.24) is 4.90 Å². The Hall–Kier alpha value is -3.34. The van der Waals surface area contributed by atoms with E-state index in [2.05, 4.69) is 30.0 Å². The van der Waals surface area contributed by atoms with Crippen molar-refractivity contribution in [3.8, 4) is 29.7 Å². The Morgan fingerprint density at radius 3 is 2.50 bits per heavy atom. The van der Waals surface area contributed by atoms with Crippen LogP contribution in [0.2, 0.25) is 0 Å². The second-order valence-electron chi connectivity index (χ2n) is 8.31. The van der Waals surface area contributed by atoms with E-state index < -0.39 is 17.3 Å². The van der Waals surface area contributed by atoms with Gasteiger partial charge < -0.3 is 14.9 Å². The second kappa shape index (κ2) is 9.86. The number of benzene rings is 1. The molecule has 1 saturated carbocycles. The number of rotatable bonds is 7. The van der Waals surface area contributed by atoms with Gasteiger partial charge in [-0.15, -0.1) is 0 Å². The topological polar surface area (TPSA) is 117 Å². The van der Waals surface area contributed by atoms with E-state index in [-0.39, 0.29) is 11.6 Å². The largest absolute Gasteiger partial charge is 0.493 e. The van der Waals surface area contributed by atoms with Gasteiger partial charge in [0, 0.05) is 24.9 Å². The maximum atomic E-state index is 10.2. The second-order valence-corrected chi connectivity index (χ2v) is 8.31. The van der Waals surface area contributed by atoms with E-state index >= 15 is 0 Å². The summed E-state index contributed by atoms with van der Waals surface area (Å²) in [6.45, 7) is 6.91. The maximum absolute atomic E-state index is 10.2. The first-order chi connectivity index (χ1) is 15.5. The number of hydrogen-bond donors (Lipinski definition) is 1. The smallest absolute Gasteiger partial charge is 0.189 e. The monoisotopic (exact) mass is 431 g/mol. The van der Waals surface area contributed by atoms with Crippen molar-refractivity contribution < 1.29 is 9.47 Å². The lowest BCUT2D eigenvalue weighted by Crippen LogP contribution is -2.52. The highest BCUT2D eigenvalue weighted by atomic mass is 16.5. The molecule has 3 atom stereocenters. The zero-order valence-corrected chi connectivity index (χ0v) is 18.9. The van der Waals surface area contributed by atoms with E-state index in [1.54, 1.807) is 13.2 Å². The Labute approximate surface area is 190 Å². The summed E-state index contributed by atoms with van der Waals surface area (Å²) in [5.74, 6) is -0.532. The fourth-order valence-corrected chi connectivity index (χ4v) is 4.95. The molecule has 2 aliphatic rings. The van der Waals surface area contributed by atoms with Gasteiger partial charge in [-0.05, 0) is 42.7 Å². The first-order valence-corrected chi connectivity index (χ1v) is 11.0. The van der Waals surface area contributed by atoms with Crippen molar-refractivity contribution in [3.05, 3.63) is 35.4 Å². The quantitative estimate of drug-likeness (QED) is 0.651. The molecule has 1 aliphatic carbocycles. The predicted molar refractivity (Wildman–Crippen MR) is 120 cm³/mol. The molecule has 0 aromatic heterocycles. The van der Waals surface area contributed by atoms with Crippen molar-refractivity contribution in [3.63, 3.8) is 0 Å². The molecule has 0 amide bonds. The van der Waals surface area contributed by atoms with Crippen LogP contribution in [0.1, 0.15) is 38.2 Å². The van der Waals surface area contributed by atoms with Crippen molar-refractivity contribution >= 4 is 5.71 Å². The third-order valence-corrected chi connectivity index (χ3v) is 6.41. The first kappa shape index (κ1) is 23.3. The molecule has 7 nitrogen and oxygen atoms in total. The van der Waals surface area contributed by atoms with Crippen molar-refractivity contribution in [2.24, 2.45) is 17.3 Å². The van der Waals surface area contributed by atoms with Gasteiger partial charge in [-0.25, -0.2) is 0 Å². The van der Waals surface area contributed by atoms with Crippen LogP contribution in [0.5, 0.6) is 11.5 Å². The number of hydrogen-bond acceptors (Lipinski definition) is 7. The number of ether oxygens (including phenoxy) is 2. The highest BCUT2D eigenvalue weighted by molar-refractivity contribution is 6.00. The number of methoxy groups -OCH3 is 1. The van der Waals surface area contributed by atoms with Gasteiger partial charge in [0.15, 0.2) is 16.9 Å². The van der Waals surface area contributed by atoms with Crippen LogP contribution in [-0.4, -0.2) is 44.0 Å². The summed E-state index contributed by atoms with van der Waals surface area (Å²) >= 11 is 0. The molecule has 1 aromatic rings. The van der Waals surface area contributed by atoms with Crippen LogP contribution >= 0.6 is 0 Å². The fourth-order valence-electron chi connectivity index (χ4n) is 4.95. The van der Waals surface area contributed by atoms with Gasteiger partial charge in [-0.1, -0.05) is 26.0 Å². The number of nitrogens with one attached hydrogen (secondary N) is 1. The van der Waals surface area contributed by atoms with Crippen LogP contribution in [-0.2, 0) is 0 Å². The van der Waals surface area contributed by atoms with E-state index in [0.29, 0.717) is 31.2 Å². The predicted octanol–water partition coefficient (Wildman–Crippen LogP) is 4.04. The highest BCUT2D eigenvalue weighted by Gasteiger charge is 2.57. The molecular weight excluding hydrogens is 402 g/mol. The molecule has 0 spiro atoms. The summed E-state index contributed by atoms with van der Waals surface area (Å²) in [5.41, 5.74) is -0.272. The summed E-state index contributed by atoms with van der Waals surface area (Å²) in [5, 5.41) is 39.0. The van der Waals surface area contributed by atoms with E-state index in [1.807, 2.05) is 25.1 Å². The summed E-state index contributed by atoms with van der Waals surface area (Å²) in [6.07, 6.45) is 3.86. The summed E-state index contributed by atoms with van der Waals surface area (Å²) in [7, 11) is 1.56. The molecule has 0 bridgehead atoms. The molecular formula is C25H29N5O2. The fraction of sp³-hybridized carbons (Fsp3) is 0.520. The van der Waals surface area contributed by atoms with Gasteiger partial charge in [0.05, 0.1) is 37.6 Å². The standard InChI is InChI=1S/C25H29N5O2/c1-4-9-30-10-8-18-19(13-26)24(29)25(15-27,16-28)23(20(18)14-30)17-6-7-21(32-11-5-2)22(12-17)31-3/h6-8,12,19-20,23,29H,4-5,9-11,14H2,1-3H3/t19?,20?,23-/m1/s1. The molecule has 3 rings (SSSR count). The molecule has 1 aromatic carbocycles. The van der Waals surface area contributed by atoms with Gasteiger partial charge in [0.2, 0.25) is 0 Å². The van der Waals surface area contributed by atoms with E-state index in [1.165, 1.54) is 0 Å². The van der Waals surface area contributed by atoms with Crippen molar-refractivity contribution in [2.75, 3.05) is 33.4 Å². The van der Waals surface area contributed by atoms with Gasteiger partial charge >= 0.3 is 0 Å². The lowest BCUT2D eigenvalue weighted by atomic mass is 9.54. The Morgan fingerprint density at radius 2 is 1.91 bits per heavy atom. The third-order valence-electron chi connectivity index (χ3n) is 6.41. The zero-order chi connectivity index (χ0) is 23.3. The van der Waals surface area contributed by atoms with Crippen LogP contribution < -0.4 is 9.47 Å². The molecule has 0 saturated heterocycles. The molecule has 1 fully saturated rings.